The maximum atomic E-state index is 14.7. The summed E-state index contributed by atoms with van der Waals surface area (Å²) in [6.45, 7) is 10.1. The van der Waals surface area contributed by atoms with Gasteiger partial charge in [0.15, 0.2) is 0 Å². The lowest BCUT2D eigenvalue weighted by molar-refractivity contribution is 0.591. The molecule has 0 saturated heterocycles. The molecule has 8 nitrogen and oxygen atoms in total. The summed E-state index contributed by atoms with van der Waals surface area (Å²) in [4.78, 5) is 0. The molecular formula is C74H57Cl2F3N8. The van der Waals surface area contributed by atoms with Crippen LogP contribution in [0.3, 0.4) is 0 Å². The number of aromatic nitrogens is 5. The van der Waals surface area contributed by atoms with Crippen LogP contribution < -0.4 is 0 Å². The van der Waals surface area contributed by atoms with Gasteiger partial charge in [0.2, 0.25) is 0 Å². The SMILES string of the molecule is CCCn1cc(-n2cc(/C=C(\C#N)c3ccc(C)cc3)c3ccc(Cl)cc32)cn1.Cc1ccc(/C(C#N)=C/c2cn(Cc3ccc(F)cc3)c3cc(F)cc(F)c23)cc1.Cc1ccc(/C(C#N)=C/c2cn(Cc3ccccc3)c3cc(Cl)ccc23)cc1. The third-order valence-corrected chi connectivity index (χ3v) is 15.2. The third kappa shape index (κ3) is 14.3. The fourth-order valence-electron chi connectivity index (χ4n) is 10.3. The molecule has 0 spiro atoms. The van der Waals surface area contributed by atoms with Crippen molar-refractivity contribution >= 4 is 90.9 Å². The van der Waals surface area contributed by atoms with Gasteiger partial charge in [-0.3, -0.25) is 4.68 Å². The van der Waals surface area contributed by atoms with Gasteiger partial charge in [0, 0.05) is 93.4 Å². The van der Waals surface area contributed by atoms with Crippen molar-refractivity contribution in [2.75, 3.05) is 0 Å². The van der Waals surface area contributed by atoms with Gasteiger partial charge in [0.05, 0.1) is 63.4 Å². The van der Waals surface area contributed by atoms with Crippen LogP contribution in [0.2, 0.25) is 10.0 Å². The summed E-state index contributed by atoms with van der Waals surface area (Å²) in [6.07, 6.45) is 16.2. The average Bonchev–Trinajstić information content (AvgIpc) is 1.82. The standard InChI is InChI=1S/C25H19ClN2.C25H17F3N2.C24H21ClN4/c1-18-7-9-20(10-8-18)21(15-27)13-22-17-28(16-19-5-3-2-4-6-19)25-14-23(26)11-12-24(22)25;1-16-2-6-18(7-3-16)19(13-29)10-20-15-30(14-17-4-8-21(26)9-5-17)24-12-22(27)11-23(28)25(20)24;1-3-10-28-16-22(14-27-28)29-15-20(23-9-8-21(25)12-24(23)29)11-19(13-26)18-6-4-17(2)5-7-18/h2-14,17H,16H2,1H3;2-12,15H,14H2,1H3;4-9,11-12,14-16H,3,10H2,1-2H3/b21-13+;19-10+;19-11+. The average molecular weight is 1190 g/mol. The molecule has 0 aliphatic carbocycles. The molecule has 4 heterocycles. The highest BCUT2D eigenvalue weighted by molar-refractivity contribution is 6.31. The van der Waals surface area contributed by atoms with Crippen LogP contribution in [0.15, 0.2) is 207 Å². The molecule has 0 bridgehead atoms. The van der Waals surface area contributed by atoms with Crippen LogP contribution in [0.5, 0.6) is 0 Å². The molecule has 12 aromatic rings. The van der Waals surface area contributed by atoms with Crippen molar-refractivity contribution in [1.82, 2.24) is 23.5 Å². The van der Waals surface area contributed by atoms with Crippen LogP contribution >= 0.6 is 23.2 Å². The highest BCUT2D eigenvalue weighted by Crippen LogP contribution is 2.34. The molecule has 428 valence electrons. The Hall–Kier alpha value is -10.4. The van der Waals surface area contributed by atoms with E-state index in [1.165, 1.54) is 34.9 Å². The number of nitrogens with zero attached hydrogens (tertiary/aromatic N) is 8. The molecule has 8 aromatic carbocycles. The Kier molecular flexibility index (Phi) is 18.6. The van der Waals surface area contributed by atoms with Crippen molar-refractivity contribution in [1.29, 1.82) is 15.8 Å². The minimum atomic E-state index is -0.699. The van der Waals surface area contributed by atoms with Gasteiger partial charge < -0.3 is 13.7 Å². The fraction of sp³-hybridized carbons (Fsp3) is 0.108. The molecule has 87 heavy (non-hydrogen) atoms. The summed E-state index contributed by atoms with van der Waals surface area (Å²) in [6, 6.07) is 60.4. The first-order valence-corrected chi connectivity index (χ1v) is 28.9. The molecule has 0 aliphatic rings. The van der Waals surface area contributed by atoms with Crippen molar-refractivity contribution in [3.63, 3.8) is 0 Å². The van der Waals surface area contributed by atoms with Gasteiger partial charge >= 0.3 is 0 Å². The quantitative estimate of drug-likeness (QED) is 0.107. The first-order valence-electron chi connectivity index (χ1n) is 28.1. The van der Waals surface area contributed by atoms with Gasteiger partial charge in [-0.25, -0.2) is 13.2 Å². The first kappa shape index (κ1) is 59.8. The number of aryl methyl sites for hydroxylation is 4. The van der Waals surface area contributed by atoms with Gasteiger partial charge in [-0.05, 0) is 116 Å². The number of hydrogen-bond acceptors (Lipinski definition) is 4. The molecular weight excluding hydrogens is 1130 g/mol. The normalized spacial score (nSPS) is 11.6. The molecule has 0 amide bonds. The summed E-state index contributed by atoms with van der Waals surface area (Å²) in [5.74, 6) is -1.74. The van der Waals surface area contributed by atoms with E-state index >= 15 is 0 Å². The minimum absolute atomic E-state index is 0.235. The fourth-order valence-corrected chi connectivity index (χ4v) is 10.6. The second-order valence-corrected chi connectivity index (χ2v) is 22.0. The Morgan fingerprint density at radius 2 is 0.966 bits per heavy atom. The molecule has 0 aliphatic heterocycles. The lowest BCUT2D eigenvalue weighted by Gasteiger charge is -2.06. The van der Waals surface area contributed by atoms with Crippen LogP contribution in [-0.4, -0.2) is 23.5 Å². The number of nitriles is 3. The predicted molar refractivity (Wildman–Crippen MR) is 348 cm³/mol. The second-order valence-electron chi connectivity index (χ2n) is 21.2. The highest BCUT2D eigenvalue weighted by Gasteiger charge is 2.17. The zero-order valence-electron chi connectivity index (χ0n) is 48.2. The van der Waals surface area contributed by atoms with Crippen LogP contribution in [0, 0.1) is 72.2 Å². The summed E-state index contributed by atoms with van der Waals surface area (Å²) in [5, 5.41) is 37.3. The van der Waals surface area contributed by atoms with E-state index in [2.05, 4.69) is 57.7 Å². The molecule has 0 N–H and O–H groups in total. The van der Waals surface area contributed by atoms with E-state index in [0.717, 1.165) is 86.5 Å². The van der Waals surface area contributed by atoms with E-state index in [9.17, 15) is 29.0 Å². The summed E-state index contributed by atoms with van der Waals surface area (Å²) >= 11 is 12.5. The Morgan fingerprint density at radius 1 is 0.494 bits per heavy atom. The number of allylic oxidation sites excluding steroid dienone is 3. The molecule has 0 fully saturated rings. The van der Waals surface area contributed by atoms with Gasteiger partial charge in [0.1, 0.15) is 17.5 Å². The Labute approximate surface area is 513 Å². The second kappa shape index (κ2) is 27.1. The maximum Gasteiger partial charge on any atom is 0.136 e. The molecule has 0 saturated carbocycles. The summed E-state index contributed by atoms with van der Waals surface area (Å²) in [7, 11) is 0. The Bertz CT molecular complexity index is 4680. The maximum absolute atomic E-state index is 14.7. The third-order valence-electron chi connectivity index (χ3n) is 14.8. The zero-order chi connectivity index (χ0) is 61.1. The lowest BCUT2D eigenvalue weighted by Crippen LogP contribution is -1.98. The molecule has 12 rings (SSSR count). The number of hydrogen-bond donors (Lipinski definition) is 0. The van der Waals surface area contributed by atoms with Crippen molar-refractivity contribution in [3.05, 3.63) is 296 Å². The Balaban J connectivity index is 0.000000145. The van der Waals surface area contributed by atoms with Crippen molar-refractivity contribution in [2.45, 2.75) is 53.8 Å². The topological polar surface area (TPSA) is 104 Å². The molecule has 4 aromatic heterocycles. The first-order chi connectivity index (χ1) is 42.2. The van der Waals surface area contributed by atoms with E-state index in [-0.39, 0.29) is 11.2 Å². The summed E-state index contributed by atoms with van der Waals surface area (Å²) in [5.41, 5.74) is 15.4. The Morgan fingerprint density at radius 3 is 1.49 bits per heavy atom. The van der Waals surface area contributed by atoms with Gasteiger partial charge in [0.25, 0.3) is 0 Å². The lowest BCUT2D eigenvalue weighted by atomic mass is 10.0. The van der Waals surface area contributed by atoms with Gasteiger partial charge in [-0.15, -0.1) is 0 Å². The van der Waals surface area contributed by atoms with Crippen LogP contribution in [0.25, 0.3) is 73.3 Å². The monoisotopic (exact) mass is 1180 g/mol. The van der Waals surface area contributed by atoms with Crippen molar-refractivity contribution < 1.29 is 13.2 Å². The van der Waals surface area contributed by atoms with Gasteiger partial charge in [-0.1, -0.05) is 174 Å². The van der Waals surface area contributed by atoms with Crippen LogP contribution in [0.4, 0.5) is 13.2 Å². The number of rotatable bonds is 13. The van der Waals surface area contributed by atoms with Crippen molar-refractivity contribution in [3.8, 4) is 23.9 Å². The zero-order valence-corrected chi connectivity index (χ0v) is 49.7. The largest absolute Gasteiger partial charge is 0.342 e. The van der Waals surface area contributed by atoms with E-state index in [1.807, 2.05) is 184 Å². The molecule has 0 unspecified atom stereocenters. The smallest absolute Gasteiger partial charge is 0.136 e. The number of halogens is 5. The molecule has 0 radical (unpaired) electrons. The van der Waals surface area contributed by atoms with Crippen LogP contribution in [-0.2, 0) is 19.6 Å². The van der Waals surface area contributed by atoms with E-state index in [4.69, 9.17) is 23.2 Å². The van der Waals surface area contributed by atoms with E-state index in [0.29, 0.717) is 50.0 Å². The van der Waals surface area contributed by atoms with E-state index in [1.54, 1.807) is 29.0 Å². The number of fused-ring (bicyclic) bond motifs is 3. The molecule has 0 atom stereocenters. The number of benzene rings is 8. The van der Waals surface area contributed by atoms with Crippen LogP contribution in [0.1, 0.15) is 74.5 Å². The van der Waals surface area contributed by atoms with Crippen molar-refractivity contribution in [2.24, 2.45) is 0 Å². The summed E-state index contributed by atoms with van der Waals surface area (Å²) < 4.78 is 49.8. The molecule has 13 heteroatoms. The predicted octanol–water partition coefficient (Wildman–Crippen LogP) is 19.5. The van der Waals surface area contributed by atoms with E-state index < -0.39 is 11.6 Å². The van der Waals surface area contributed by atoms with Gasteiger partial charge in [-0.2, -0.15) is 20.9 Å². The highest BCUT2D eigenvalue weighted by atomic mass is 35.5. The minimum Gasteiger partial charge on any atom is -0.342 e.